The van der Waals surface area contributed by atoms with Crippen molar-refractivity contribution < 1.29 is 55.7 Å². The van der Waals surface area contributed by atoms with E-state index in [2.05, 4.69) is 26.5 Å². The molecular weight excluding hydrogens is 711 g/mol. The van der Waals surface area contributed by atoms with Crippen LogP contribution in [0.5, 0.6) is 0 Å². The number of imide groups is 1. The van der Waals surface area contributed by atoms with E-state index >= 15 is 0 Å². The zero-order valence-electron chi connectivity index (χ0n) is 28.9. The Bertz CT molecular complexity index is 1730. The summed E-state index contributed by atoms with van der Waals surface area (Å²) in [6.45, 7) is 3.62. The number of piperidine rings is 2. The summed E-state index contributed by atoms with van der Waals surface area (Å²) in [5.41, 5.74) is 1.63. The number of halogens is 5. The number of carbonyl (C=O) groups is 4. The van der Waals surface area contributed by atoms with E-state index < -0.39 is 47.9 Å². The van der Waals surface area contributed by atoms with Crippen LogP contribution in [-0.2, 0) is 19.1 Å². The smallest absolute Gasteiger partial charge is 0.475 e. The number of aliphatic carboxylic acids is 1. The van der Waals surface area contributed by atoms with E-state index in [-0.39, 0.29) is 29.4 Å². The minimum absolute atomic E-state index is 0.0216. The number of carbonyl (C=O) groups excluding carboxylic acids is 3. The number of anilines is 1. The number of hydrogen-bond donors (Lipinski definition) is 3. The minimum atomic E-state index is -5.08. The normalized spacial score (nSPS) is 18.8. The molecule has 5 rings (SSSR count). The molecule has 53 heavy (non-hydrogen) atoms. The Labute approximate surface area is 301 Å². The zero-order chi connectivity index (χ0) is 38.9. The van der Waals surface area contributed by atoms with Crippen LogP contribution in [-0.4, -0.2) is 105 Å². The number of nitrogens with zero attached hydrogens (tertiary/aromatic N) is 4. The maximum Gasteiger partial charge on any atom is 0.490 e. The van der Waals surface area contributed by atoms with Crippen LogP contribution < -0.4 is 15.5 Å². The molecule has 0 bridgehead atoms. The van der Waals surface area contributed by atoms with E-state index in [9.17, 15) is 41.6 Å². The lowest BCUT2D eigenvalue weighted by molar-refractivity contribution is -0.192. The molecule has 3 aliphatic heterocycles. The van der Waals surface area contributed by atoms with Gasteiger partial charge in [-0.2, -0.15) is 18.4 Å². The summed E-state index contributed by atoms with van der Waals surface area (Å²) >= 11 is 0. The second kappa shape index (κ2) is 18.0. The van der Waals surface area contributed by atoms with Crippen molar-refractivity contribution in [1.29, 1.82) is 5.26 Å². The summed E-state index contributed by atoms with van der Waals surface area (Å²) < 4.78 is 70.0. The Morgan fingerprint density at radius 2 is 1.64 bits per heavy atom. The fraction of sp³-hybridized carbons (Fsp3) is 0.457. The monoisotopic (exact) mass is 750 g/mol. The predicted molar refractivity (Wildman–Crippen MR) is 178 cm³/mol. The van der Waals surface area contributed by atoms with Crippen molar-refractivity contribution in [3.05, 3.63) is 76.5 Å². The van der Waals surface area contributed by atoms with E-state index in [1.165, 1.54) is 13.2 Å². The number of nitrogens with one attached hydrogen (secondary N) is 2. The lowest BCUT2D eigenvalue weighted by atomic mass is 9.92. The number of urea groups is 2. The standard InChI is InChI=1S/C33H38F2N6O5.C2HF3O2/c1-45-20-27-29(31(42)46-2)30(22-7-8-25(34)26(35)17-22)41(33(44)38-27)32(43)37-19-21-9-13-39(14-10-21)24-11-15-40(16-12-24)28-6-4-3-5-23(28)18-36;3-2(4,5)1(6)7/h3-8,17,21,24,30H,9-16,19-20H2,1-2H3,(H,37,43)(H,38,44);(H,6,7). The van der Waals surface area contributed by atoms with Gasteiger partial charge in [0.1, 0.15) is 12.1 Å². The number of para-hydroxylation sites is 1. The lowest BCUT2D eigenvalue weighted by Crippen LogP contribution is -2.56. The number of rotatable bonds is 8. The molecule has 3 aliphatic rings. The first-order valence-electron chi connectivity index (χ1n) is 16.6. The molecule has 0 spiro atoms. The number of nitriles is 1. The number of methoxy groups -OCH3 is 2. The van der Waals surface area contributed by atoms with E-state index in [4.69, 9.17) is 19.4 Å². The average Bonchev–Trinajstić information content (AvgIpc) is 3.14. The first kappa shape index (κ1) is 40.5. The van der Waals surface area contributed by atoms with Gasteiger partial charge in [0, 0.05) is 32.8 Å². The van der Waals surface area contributed by atoms with Crippen molar-refractivity contribution in [3.8, 4) is 6.07 Å². The van der Waals surface area contributed by atoms with Gasteiger partial charge in [-0.05, 0) is 74.5 Å². The van der Waals surface area contributed by atoms with Gasteiger partial charge >= 0.3 is 30.2 Å². The SMILES string of the molecule is COCC1=C(C(=O)OC)C(c2ccc(F)c(F)c2)N(C(=O)NCC2CCN(C3CCN(c4ccccc4C#N)CC3)CC2)C(=O)N1.O=C(O)C(F)(F)F. The summed E-state index contributed by atoms with van der Waals surface area (Å²) in [5, 5.41) is 22.0. The first-order chi connectivity index (χ1) is 25.2. The summed E-state index contributed by atoms with van der Waals surface area (Å²) in [6, 6.07) is 10.4. The minimum Gasteiger partial charge on any atom is -0.475 e. The molecule has 0 radical (unpaired) electrons. The van der Waals surface area contributed by atoms with Crippen LogP contribution in [0.25, 0.3) is 0 Å². The van der Waals surface area contributed by atoms with Crippen molar-refractivity contribution in [2.75, 3.05) is 58.5 Å². The molecule has 3 N–H and O–H groups in total. The molecule has 2 saturated heterocycles. The highest BCUT2D eigenvalue weighted by Crippen LogP contribution is 2.35. The first-order valence-corrected chi connectivity index (χ1v) is 16.6. The zero-order valence-corrected chi connectivity index (χ0v) is 28.9. The third-order valence-corrected chi connectivity index (χ3v) is 9.29. The Hall–Kier alpha value is -5.28. The second-order valence-corrected chi connectivity index (χ2v) is 12.5. The molecule has 1 unspecified atom stereocenters. The number of ether oxygens (including phenoxy) is 2. The Kier molecular flexibility index (Phi) is 13.7. The van der Waals surface area contributed by atoms with Crippen LogP contribution in [0.2, 0.25) is 0 Å². The van der Waals surface area contributed by atoms with Crippen LogP contribution in [0.15, 0.2) is 53.7 Å². The lowest BCUT2D eigenvalue weighted by Gasteiger charge is -2.42. The van der Waals surface area contributed by atoms with Gasteiger partial charge in [-0.3, -0.25) is 0 Å². The molecule has 1 atom stereocenters. The van der Waals surface area contributed by atoms with Crippen LogP contribution in [0.1, 0.15) is 42.9 Å². The quantitative estimate of drug-likeness (QED) is 0.255. The van der Waals surface area contributed by atoms with Gasteiger partial charge in [-0.15, -0.1) is 0 Å². The van der Waals surface area contributed by atoms with Gasteiger partial charge in [0.25, 0.3) is 0 Å². The molecule has 2 fully saturated rings. The van der Waals surface area contributed by atoms with E-state index in [1.54, 1.807) is 0 Å². The molecule has 0 aromatic heterocycles. The van der Waals surface area contributed by atoms with Crippen molar-refractivity contribution in [3.63, 3.8) is 0 Å². The number of amides is 4. The number of carboxylic acids is 1. The topological polar surface area (TPSA) is 165 Å². The van der Waals surface area contributed by atoms with Gasteiger partial charge < -0.3 is 35.0 Å². The highest BCUT2D eigenvalue weighted by atomic mass is 19.4. The third kappa shape index (κ3) is 9.99. The van der Waals surface area contributed by atoms with E-state index in [0.717, 1.165) is 81.7 Å². The van der Waals surface area contributed by atoms with Gasteiger partial charge in [0.05, 0.1) is 36.2 Å². The van der Waals surface area contributed by atoms with Crippen molar-refractivity contribution >= 4 is 29.7 Å². The van der Waals surface area contributed by atoms with Gasteiger partial charge in [0.2, 0.25) is 0 Å². The van der Waals surface area contributed by atoms with E-state index in [0.29, 0.717) is 18.2 Å². The van der Waals surface area contributed by atoms with Gasteiger partial charge in [-0.1, -0.05) is 18.2 Å². The fourth-order valence-electron chi connectivity index (χ4n) is 6.63. The van der Waals surface area contributed by atoms with Crippen molar-refractivity contribution in [2.24, 2.45) is 5.92 Å². The summed E-state index contributed by atoms with van der Waals surface area (Å²) in [6.07, 6.45) is -1.39. The second-order valence-electron chi connectivity index (χ2n) is 12.5. The average molecular weight is 751 g/mol. The van der Waals surface area contributed by atoms with Crippen LogP contribution in [0.4, 0.5) is 37.2 Å². The Balaban J connectivity index is 0.000000815. The summed E-state index contributed by atoms with van der Waals surface area (Å²) in [4.78, 5) is 54.2. The number of hydrogen-bond acceptors (Lipinski definition) is 9. The molecular formula is C35H39F5N6O7. The number of likely N-dealkylation sites (tertiary alicyclic amines) is 1. The summed E-state index contributed by atoms with van der Waals surface area (Å²) in [7, 11) is 2.51. The highest BCUT2D eigenvalue weighted by Gasteiger charge is 2.43. The van der Waals surface area contributed by atoms with E-state index in [1.807, 2.05) is 24.3 Å². The molecule has 13 nitrogen and oxygen atoms in total. The van der Waals surface area contributed by atoms with Crippen LogP contribution in [0, 0.1) is 28.9 Å². The Morgan fingerprint density at radius 1 is 1.00 bits per heavy atom. The predicted octanol–water partition coefficient (Wildman–Crippen LogP) is 4.70. The van der Waals surface area contributed by atoms with Crippen LogP contribution >= 0.6 is 0 Å². The maximum absolute atomic E-state index is 14.3. The molecule has 2 aromatic carbocycles. The highest BCUT2D eigenvalue weighted by molar-refractivity contribution is 6.01. The van der Waals surface area contributed by atoms with Crippen LogP contribution in [0.3, 0.4) is 0 Å². The Morgan fingerprint density at radius 3 is 2.21 bits per heavy atom. The molecule has 3 heterocycles. The molecule has 286 valence electrons. The number of carboxylic acid groups (broad SMARTS) is 1. The molecule has 4 amide bonds. The summed E-state index contributed by atoms with van der Waals surface area (Å²) in [5.74, 6) is -5.75. The molecule has 0 aliphatic carbocycles. The van der Waals surface area contributed by atoms with Crippen molar-refractivity contribution in [1.82, 2.24) is 20.4 Å². The molecule has 18 heteroatoms. The number of esters is 1. The fourth-order valence-corrected chi connectivity index (χ4v) is 6.63. The number of benzene rings is 2. The third-order valence-electron chi connectivity index (χ3n) is 9.29. The number of alkyl halides is 3. The van der Waals surface area contributed by atoms with Gasteiger partial charge in [-0.25, -0.2) is 32.9 Å². The molecule has 2 aromatic rings. The molecule has 0 saturated carbocycles. The maximum atomic E-state index is 14.3. The van der Waals surface area contributed by atoms with Gasteiger partial charge in [0.15, 0.2) is 11.6 Å². The van der Waals surface area contributed by atoms with Crippen molar-refractivity contribution in [2.45, 2.75) is 43.9 Å². The largest absolute Gasteiger partial charge is 0.490 e.